The maximum atomic E-state index is 12.6. The lowest BCUT2D eigenvalue weighted by molar-refractivity contribution is -0.166. The van der Waals surface area contributed by atoms with Crippen LogP contribution in [-0.4, -0.2) is 29.7 Å². The number of carbonyl (C=O) groups is 1. The van der Waals surface area contributed by atoms with Gasteiger partial charge in [0.05, 0.1) is 12.2 Å². The molecular weight excluding hydrogens is 348 g/mol. The number of rotatable bonds is 5. The van der Waals surface area contributed by atoms with Crippen LogP contribution in [0, 0.1) is 40.4 Å². The Kier molecular flexibility index (Phi) is 5.49. The highest BCUT2D eigenvalue weighted by Gasteiger charge is 2.61. The molecule has 0 heterocycles. The third kappa shape index (κ3) is 3.11. The number of ether oxygens (including phenoxy) is 1. The zero-order valence-electron chi connectivity index (χ0n) is 18.6. The lowest BCUT2D eigenvalue weighted by atomic mass is 9.44. The molecule has 0 aromatic heterocycles. The fourth-order valence-electron chi connectivity index (χ4n) is 8.52. The Hall–Kier alpha value is -0.410. The van der Waals surface area contributed by atoms with Gasteiger partial charge < -0.3 is 9.84 Å². The Morgan fingerprint density at radius 3 is 2.43 bits per heavy atom. The number of carbonyl (C=O) groups excluding carboxylic acids is 1. The van der Waals surface area contributed by atoms with Gasteiger partial charge in [-0.05, 0) is 99.2 Å². The molecule has 1 N–H and O–H groups in total. The molecule has 28 heavy (non-hydrogen) atoms. The van der Waals surface area contributed by atoms with Crippen molar-refractivity contribution in [2.24, 2.45) is 40.4 Å². The van der Waals surface area contributed by atoms with Crippen LogP contribution in [0.4, 0.5) is 0 Å². The summed E-state index contributed by atoms with van der Waals surface area (Å²) >= 11 is 0. The maximum absolute atomic E-state index is 12.6. The minimum atomic E-state index is -0.609. The van der Waals surface area contributed by atoms with Crippen LogP contribution in [-0.2, 0) is 9.53 Å². The first kappa shape index (κ1) is 20.8. The van der Waals surface area contributed by atoms with Gasteiger partial charge >= 0.3 is 0 Å². The summed E-state index contributed by atoms with van der Waals surface area (Å²) < 4.78 is 5.63. The lowest BCUT2D eigenvalue weighted by Crippen LogP contribution is -2.56. The van der Waals surface area contributed by atoms with Crippen LogP contribution >= 0.6 is 0 Å². The molecule has 0 bridgehead atoms. The van der Waals surface area contributed by atoms with Crippen molar-refractivity contribution in [1.82, 2.24) is 0 Å². The monoisotopic (exact) mass is 390 g/mol. The van der Waals surface area contributed by atoms with E-state index in [0.29, 0.717) is 42.7 Å². The largest absolute Gasteiger partial charge is 0.387 e. The number of Topliss-reactive ketones (excluding diaryl/α,β-unsaturated/α-hetero) is 1. The molecule has 0 spiro atoms. The quantitative estimate of drug-likeness (QED) is 0.684. The first-order chi connectivity index (χ1) is 13.3. The van der Waals surface area contributed by atoms with Crippen molar-refractivity contribution < 1.29 is 14.6 Å². The molecule has 0 amide bonds. The Bertz CT molecular complexity index is 603. The summed E-state index contributed by atoms with van der Waals surface area (Å²) in [6.45, 7) is 10.2. The van der Waals surface area contributed by atoms with Crippen molar-refractivity contribution in [3.63, 3.8) is 0 Å². The SMILES string of the molecule is CCOC[C@@]1(O)CC[C@@]2(C)[C@H](CC[C@@H]3[C@@H]2CC[C@]2(C)[C@@H](C(=O)CC)CC[C@@H]32)C1. The fraction of sp³-hybridized carbons (Fsp3) is 0.960. The average Bonchev–Trinajstić information content (AvgIpc) is 3.04. The molecule has 4 aliphatic rings. The van der Waals surface area contributed by atoms with E-state index < -0.39 is 5.60 Å². The summed E-state index contributed by atoms with van der Waals surface area (Å²) in [5, 5.41) is 11.1. The van der Waals surface area contributed by atoms with Crippen molar-refractivity contribution in [2.75, 3.05) is 13.2 Å². The van der Waals surface area contributed by atoms with Gasteiger partial charge in [-0.2, -0.15) is 0 Å². The molecular formula is C25H42O3. The molecule has 0 unspecified atom stereocenters. The van der Waals surface area contributed by atoms with Gasteiger partial charge in [0.15, 0.2) is 0 Å². The zero-order chi connectivity index (χ0) is 20.2. The van der Waals surface area contributed by atoms with E-state index in [1.807, 2.05) is 13.8 Å². The van der Waals surface area contributed by atoms with Gasteiger partial charge in [-0.1, -0.05) is 20.8 Å². The molecule has 4 saturated carbocycles. The molecule has 3 heteroatoms. The van der Waals surface area contributed by atoms with E-state index in [1.54, 1.807) is 0 Å². The van der Waals surface area contributed by atoms with Gasteiger partial charge in [-0.25, -0.2) is 0 Å². The normalized spacial score (nSPS) is 50.5. The number of fused-ring (bicyclic) bond motifs is 5. The minimum Gasteiger partial charge on any atom is -0.387 e. The highest BCUT2D eigenvalue weighted by Crippen LogP contribution is 2.68. The van der Waals surface area contributed by atoms with E-state index >= 15 is 0 Å². The van der Waals surface area contributed by atoms with Crippen LogP contribution in [0.1, 0.15) is 91.9 Å². The summed E-state index contributed by atoms with van der Waals surface area (Å²) in [6, 6.07) is 0. The molecule has 0 aromatic rings. The topological polar surface area (TPSA) is 46.5 Å². The molecule has 4 aliphatic carbocycles. The first-order valence-electron chi connectivity index (χ1n) is 12.1. The Labute approximate surface area is 172 Å². The standard InChI is InChI=1S/C25H42O3/c1-5-22(26)21-10-9-19-18-8-7-17-15-25(27,16-28-6-2)14-13-23(17,3)20(18)11-12-24(19,21)4/h17-21,27H,5-16H2,1-4H3/t17-,18+,19+,20+,21-,23+,24+,25-/m1/s1. The van der Waals surface area contributed by atoms with E-state index in [1.165, 1.54) is 32.1 Å². The smallest absolute Gasteiger partial charge is 0.136 e. The predicted molar refractivity (Wildman–Crippen MR) is 112 cm³/mol. The number of ketones is 1. The molecule has 4 fully saturated rings. The zero-order valence-corrected chi connectivity index (χ0v) is 18.6. The summed E-state index contributed by atoms with van der Waals surface area (Å²) in [6.07, 6.45) is 11.2. The summed E-state index contributed by atoms with van der Waals surface area (Å²) in [5.74, 6) is 3.79. The number of hydrogen-bond acceptors (Lipinski definition) is 3. The molecule has 8 atom stereocenters. The highest BCUT2D eigenvalue weighted by molar-refractivity contribution is 5.82. The van der Waals surface area contributed by atoms with Crippen LogP contribution in [0.15, 0.2) is 0 Å². The van der Waals surface area contributed by atoms with Crippen molar-refractivity contribution >= 4 is 5.78 Å². The van der Waals surface area contributed by atoms with Crippen LogP contribution in [0.3, 0.4) is 0 Å². The molecule has 0 radical (unpaired) electrons. The van der Waals surface area contributed by atoms with Gasteiger partial charge in [0.2, 0.25) is 0 Å². The summed E-state index contributed by atoms with van der Waals surface area (Å²) in [7, 11) is 0. The molecule has 160 valence electrons. The van der Waals surface area contributed by atoms with Crippen LogP contribution in [0.5, 0.6) is 0 Å². The van der Waals surface area contributed by atoms with E-state index in [0.717, 1.165) is 43.4 Å². The molecule has 3 nitrogen and oxygen atoms in total. The van der Waals surface area contributed by atoms with Crippen LogP contribution in [0.25, 0.3) is 0 Å². The summed E-state index contributed by atoms with van der Waals surface area (Å²) in [4.78, 5) is 12.6. The minimum absolute atomic E-state index is 0.252. The van der Waals surface area contributed by atoms with Gasteiger partial charge in [0, 0.05) is 18.9 Å². The van der Waals surface area contributed by atoms with Crippen molar-refractivity contribution in [3.8, 4) is 0 Å². The highest BCUT2D eigenvalue weighted by atomic mass is 16.5. The number of aliphatic hydroxyl groups is 1. The fourth-order valence-corrected chi connectivity index (χ4v) is 8.52. The van der Waals surface area contributed by atoms with Gasteiger partial charge in [-0.15, -0.1) is 0 Å². The maximum Gasteiger partial charge on any atom is 0.136 e. The average molecular weight is 391 g/mol. The van der Waals surface area contributed by atoms with Gasteiger partial charge in [0.1, 0.15) is 5.78 Å². The van der Waals surface area contributed by atoms with E-state index in [2.05, 4.69) is 13.8 Å². The second kappa shape index (κ2) is 7.38. The van der Waals surface area contributed by atoms with Gasteiger partial charge in [-0.3, -0.25) is 4.79 Å². The Morgan fingerprint density at radius 2 is 1.71 bits per heavy atom. The molecule has 0 saturated heterocycles. The Balaban J connectivity index is 1.52. The second-order valence-corrected chi connectivity index (χ2v) is 11.2. The summed E-state index contributed by atoms with van der Waals surface area (Å²) in [5.41, 5.74) is 0.0135. The van der Waals surface area contributed by atoms with Crippen molar-refractivity contribution in [1.29, 1.82) is 0 Å². The molecule has 0 aromatic carbocycles. The van der Waals surface area contributed by atoms with E-state index in [4.69, 9.17) is 4.74 Å². The number of hydrogen-bond donors (Lipinski definition) is 1. The van der Waals surface area contributed by atoms with Crippen molar-refractivity contribution in [2.45, 2.75) is 97.5 Å². The van der Waals surface area contributed by atoms with Crippen molar-refractivity contribution in [3.05, 3.63) is 0 Å². The first-order valence-corrected chi connectivity index (χ1v) is 12.1. The Morgan fingerprint density at radius 1 is 0.964 bits per heavy atom. The predicted octanol–water partition coefficient (Wildman–Crippen LogP) is 5.39. The lowest BCUT2D eigenvalue weighted by Gasteiger charge is -2.62. The van der Waals surface area contributed by atoms with Crippen LogP contribution in [0.2, 0.25) is 0 Å². The second-order valence-electron chi connectivity index (χ2n) is 11.2. The third-order valence-corrected chi connectivity index (χ3v) is 10.1. The molecule has 0 aliphatic heterocycles. The van der Waals surface area contributed by atoms with E-state index in [9.17, 15) is 9.90 Å². The van der Waals surface area contributed by atoms with Gasteiger partial charge in [0.25, 0.3) is 0 Å². The van der Waals surface area contributed by atoms with E-state index in [-0.39, 0.29) is 5.41 Å². The third-order valence-electron chi connectivity index (χ3n) is 10.1. The molecule has 4 rings (SSSR count). The van der Waals surface area contributed by atoms with Crippen LogP contribution < -0.4 is 0 Å².